The predicted molar refractivity (Wildman–Crippen MR) is 53.9 cm³/mol. The highest BCUT2D eigenvalue weighted by Crippen LogP contribution is 2.13. The van der Waals surface area contributed by atoms with E-state index in [2.05, 4.69) is 6.58 Å². The summed E-state index contributed by atoms with van der Waals surface area (Å²) in [5.41, 5.74) is 1.79. The number of rotatable bonds is 4. The number of methoxy groups -OCH3 is 1. The Balaban J connectivity index is 4.50. The van der Waals surface area contributed by atoms with Crippen molar-refractivity contribution in [2.24, 2.45) is 0 Å². The van der Waals surface area contributed by atoms with E-state index in [1.165, 1.54) is 0 Å². The molecule has 0 rings (SSSR count). The molecule has 0 spiro atoms. The van der Waals surface area contributed by atoms with E-state index in [0.717, 1.165) is 16.9 Å². The summed E-state index contributed by atoms with van der Waals surface area (Å²) < 4.78 is 5.11. The summed E-state index contributed by atoms with van der Waals surface area (Å²) in [6.45, 7) is 7.59. The topological polar surface area (TPSA) is 33.0 Å². The van der Waals surface area contributed by atoms with E-state index in [1.807, 2.05) is 32.1 Å². The maximum Gasteiger partial charge on any atom is 0.117 e. The van der Waals surface area contributed by atoms with E-state index in [-0.39, 0.29) is 0 Å². The molecule has 70 valence electrons. The molecule has 0 radical (unpaired) electrons. The Hall–Kier alpha value is -1.49. The molecule has 0 atom stereocenters. The quantitative estimate of drug-likeness (QED) is 0.488. The summed E-state index contributed by atoms with van der Waals surface area (Å²) in [5.74, 6) is 0.819. The largest absolute Gasteiger partial charge is 0.497 e. The van der Waals surface area contributed by atoms with Crippen molar-refractivity contribution in [1.82, 2.24) is 0 Å². The number of nitrogens with zero attached hydrogens (tertiary/aromatic N) is 1. The molecule has 0 saturated heterocycles. The van der Waals surface area contributed by atoms with Crippen molar-refractivity contribution in [3.05, 3.63) is 35.6 Å². The Morgan fingerprint density at radius 3 is 2.62 bits per heavy atom. The van der Waals surface area contributed by atoms with Crippen LogP contribution in [0.4, 0.5) is 0 Å². The summed E-state index contributed by atoms with van der Waals surface area (Å²) in [6.07, 6.45) is 4.10. The van der Waals surface area contributed by atoms with Crippen LogP contribution in [0.5, 0.6) is 0 Å². The highest BCUT2D eigenvalue weighted by molar-refractivity contribution is 5.32. The minimum absolute atomic E-state index is 0.359. The fraction of sp³-hybridized carbons (Fsp3) is 0.364. The molecule has 0 saturated carbocycles. The van der Waals surface area contributed by atoms with Crippen LogP contribution in [0.3, 0.4) is 0 Å². The maximum absolute atomic E-state index is 8.42. The zero-order chi connectivity index (χ0) is 10.3. The summed E-state index contributed by atoms with van der Waals surface area (Å²) in [7, 11) is 1.62. The third kappa shape index (κ3) is 4.17. The van der Waals surface area contributed by atoms with E-state index >= 15 is 0 Å². The summed E-state index contributed by atoms with van der Waals surface area (Å²) in [5, 5.41) is 8.42. The molecule has 0 amide bonds. The molecule has 0 aliphatic rings. The van der Waals surface area contributed by atoms with E-state index in [9.17, 15) is 0 Å². The van der Waals surface area contributed by atoms with Crippen molar-refractivity contribution in [3.8, 4) is 6.07 Å². The number of allylic oxidation sites excluding steroid dienone is 4. The van der Waals surface area contributed by atoms with E-state index in [0.29, 0.717) is 6.42 Å². The third-order valence-corrected chi connectivity index (χ3v) is 1.60. The molecule has 0 aromatic rings. The SMILES string of the molecule is C=C(/C=C(C)\C(=C/C)OC)CC#N. The monoisotopic (exact) mass is 177 g/mol. The second-order valence-electron chi connectivity index (χ2n) is 2.68. The van der Waals surface area contributed by atoms with Crippen molar-refractivity contribution >= 4 is 0 Å². The number of hydrogen-bond donors (Lipinski definition) is 0. The van der Waals surface area contributed by atoms with Gasteiger partial charge in [-0.25, -0.2) is 0 Å². The fourth-order valence-corrected chi connectivity index (χ4v) is 1.04. The molecule has 0 unspecified atom stereocenters. The number of hydrogen-bond acceptors (Lipinski definition) is 2. The zero-order valence-corrected chi connectivity index (χ0v) is 8.42. The van der Waals surface area contributed by atoms with Gasteiger partial charge < -0.3 is 4.74 Å². The minimum atomic E-state index is 0.359. The molecule has 13 heavy (non-hydrogen) atoms. The molecular weight excluding hydrogens is 162 g/mol. The van der Waals surface area contributed by atoms with Crippen LogP contribution in [0.15, 0.2) is 35.6 Å². The van der Waals surface area contributed by atoms with Gasteiger partial charge in [-0.1, -0.05) is 12.7 Å². The molecule has 0 heterocycles. The van der Waals surface area contributed by atoms with Gasteiger partial charge in [0.2, 0.25) is 0 Å². The van der Waals surface area contributed by atoms with Gasteiger partial charge in [0.15, 0.2) is 0 Å². The maximum atomic E-state index is 8.42. The van der Waals surface area contributed by atoms with Crippen molar-refractivity contribution in [1.29, 1.82) is 5.26 Å². The summed E-state index contributed by atoms with van der Waals surface area (Å²) >= 11 is 0. The van der Waals surface area contributed by atoms with Crippen LogP contribution in [0, 0.1) is 11.3 Å². The first-order valence-corrected chi connectivity index (χ1v) is 4.09. The average Bonchev–Trinajstić information content (AvgIpc) is 2.06. The van der Waals surface area contributed by atoms with Crippen molar-refractivity contribution in [2.75, 3.05) is 7.11 Å². The lowest BCUT2D eigenvalue weighted by Crippen LogP contribution is -1.89. The second kappa shape index (κ2) is 6.07. The first kappa shape index (κ1) is 11.5. The van der Waals surface area contributed by atoms with Gasteiger partial charge in [0.25, 0.3) is 0 Å². The first-order valence-electron chi connectivity index (χ1n) is 4.09. The third-order valence-electron chi connectivity index (χ3n) is 1.60. The fourth-order valence-electron chi connectivity index (χ4n) is 1.04. The highest BCUT2D eigenvalue weighted by atomic mass is 16.5. The molecular formula is C11H15NO. The van der Waals surface area contributed by atoms with E-state index in [4.69, 9.17) is 10.00 Å². The molecule has 0 aromatic heterocycles. The van der Waals surface area contributed by atoms with Crippen LogP contribution in [0.2, 0.25) is 0 Å². The lowest BCUT2D eigenvalue weighted by Gasteiger charge is -2.05. The Kier molecular flexibility index (Phi) is 5.38. The molecule has 2 nitrogen and oxygen atoms in total. The predicted octanol–water partition coefficient (Wildman–Crippen LogP) is 2.95. The van der Waals surface area contributed by atoms with Crippen LogP contribution in [0.1, 0.15) is 20.3 Å². The molecule has 0 N–H and O–H groups in total. The Morgan fingerprint density at radius 2 is 2.23 bits per heavy atom. The van der Waals surface area contributed by atoms with Crippen LogP contribution < -0.4 is 0 Å². The standard InChI is InChI=1S/C11H15NO/c1-5-11(13-4)10(3)8-9(2)6-7-12/h5,8H,2,6H2,1,3-4H3/b10-8-,11-5+. The summed E-state index contributed by atoms with van der Waals surface area (Å²) in [6, 6.07) is 2.04. The molecule has 0 bridgehead atoms. The van der Waals surface area contributed by atoms with Gasteiger partial charge in [-0.3, -0.25) is 0 Å². The zero-order valence-electron chi connectivity index (χ0n) is 8.42. The van der Waals surface area contributed by atoms with Gasteiger partial charge >= 0.3 is 0 Å². The molecule has 0 aliphatic carbocycles. The number of nitriles is 1. The summed E-state index contributed by atoms with van der Waals surface area (Å²) in [4.78, 5) is 0. The van der Waals surface area contributed by atoms with Gasteiger partial charge in [-0.05, 0) is 31.1 Å². The lowest BCUT2D eigenvalue weighted by molar-refractivity contribution is 0.300. The molecule has 0 aromatic carbocycles. The average molecular weight is 177 g/mol. The van der Waals surface area contributed by atoms with E-state index in [1.54, 1.807) is 7.11 Å². The minimum Gasteiger partial charge on any atom is -0.497 e. The molecule has 0 fully saturated rings. The molecule has 2 heteroatoms. The van der Waals surface area contributed by atoms with E-state index < -0.39 is 0 Å². The Morgan fingerprint density at radius 1 is 1.62 bits per heavy atom. The van der Waals surface area contributed by atoms with Crippen LogP contribution in [-0.2, 0) is 4.74 Å². The van der Waals surface area contributed by atoms with Crippen LogP contribution >= 0.6 is 0 Å². The van der Waals surface area contributed by atoms with Gasteiger partial charge in [0.05, 0.1) is 19.6 Å². The normalized spacial score (nSPS) is 12.2. The van der Waals surface area contributed by atoms with Crippen molar-refractivity contribution in [2.45, 2.75) is 20.3 Å². The Labute approximate surface area is 79.8 Å². The van der Waals surface area contributed by atoms with Gasteiger partial charge in [0.1, 0.15) is 5.76 Å². The lowest BCUT2D eigenvalue weighted by atomic mass is 10.1. The Bertz CT molecular complexity index is 279. The second-order valence-corrected chi connectivity index (χ2v) is 2.68. The number of ether oxygens (including phenoxy) is 1. The van der Waals surface area contributed by atoms with Crippen molar-refractivity contribution in [3.63, 3.8) is 0 Å². The van der Waals surface area contributed by atoms with Crippen molar-refractivity contribution < 1.29 is 4.74 Å². The van der Waals surface area contributed by atoms with Gasteiger partial charge in [0, 0.05) is 0 Å². The smallest absolute Gasteiger partial charge is 0.117 e. The highest BCUT2D eigenvalue weighted by Gasteiger charge is 1.97. The van der Waals surface area contributed by atoms with Gasteiger partial charge in [-0.15, -0.1) is 0 Å². The molecule has 0 aliphatic heterocycles. The first-order chi connectivity index (χ1) is 6.15. The van der Waals surface area contributed by atoms with Crippen LogP contribution in [0.25, 0.3) is 0 Å². The van der Waals surface area contributed by atoms with Gasteiger partial charge in [-0.2, -0.15) is 5.26 Å². The van der Waals surface area contributed by atoms with Crippen LogP contribution in [-0.4, -0.2) is 7.11 Å².